The van der Waals surface area contributed by atoms with Gasteiger partial charge in [0.05, 0.1) is 6.10 Å². The van der Waals surface area contributed by atoms with Crippen molar-refractivity contribution in [2.45, 2.75) is 52.2 Å². The van der Waals surface area contributed by atoms with Gasteiger partial charge < -0.3 is 14.7 Å². The lowest BCUT2D eigenvalue weighted by Gasteiger charge is -2.36. The molecule has 1 aliphatic rings. The molecule has 1 aromatic carbocycles. The van der Waals surface area contributed by atoms with E-state index in [1.54, 1.807) is 6.92 Å². The van der Waals surface area contributed by atoms with Crippen molar-refractivity contribution >= 4 is 5.91 Å². The minimum Gasteiger partial charge on any atom is -0.480 e. The Balaban J connectivity index is 2.04. The van der Waals surface area contributed by atoms with E-state index in [0.717, 1.165) is 30.7 Å². The maximum absolute atomic E-state index is 12.7. The number of ether oxygens (including phenoxy) is 1. The second-order valence-electron chi connectivity index (χ2n) is 6.21. The molecule has 0 aliphatic carbocycles. The molecule has 1 fully saturated rings. The molecule has 1 saturated heterocycles. The van der Waals surface area contributed by atoms with Crippen LogP contribution >= 0.6 is 0 Å². The van der Waals surface area contributed by atoms with E-state index in [2.05, 4.69) is 0 Å². The highest BCUT2D eigenvalue weighted by atomic mass is 16.5. The summed E-state index contributed by atoms with van der Waals surface area (Å²) < 4.78 is 5.95. The van der Waals surface area contributed by atoms with E-state index in [1.165, 1.54) is 0 Å². The molecule has 1 aromatic rings. The average molecular weight is 305 g/mol. The number of piperidine rings is 1. The summed E-state index contributed by atoms with van der Waals surface area (Å²) in [5.74, 6) is 0.983. The third kappa shape index (κ3) is 4.01. The molecule has 4 heteroatoms. The molecule has 0 aromatic heterocycles. The van der Waals surface area contributed by atoms with Crippen LogP contribution in [0.3, 0.4) is 0 Å². The van der Waals surface area contributed by atoms with Crippen LogP contribution in [-0.2, 0) is 4.79 Å². The third-order valence-electron chi connectivity index (χ3n) is 4.46. The SMILES string of the molecule is CCC(Oc1ccccc1C)C(=O)N1CCCC(C(C)O)C1. The van der Waals surface area contributed by atoms with Crippen molar-refractivity contribution in [2.75, 3.05) is 13.1 Å². The number of aliphatic hydroxyl groups excluding tert-OH is 1. The van der Waals surface area contributed by atoms with E-state index in [1.807, 2.05) is 43.0 Å². The maximum atomic E-state index is 12.7. The van der Waals surface area contributed by atoms with Crippen LogP contribution in [0.15, 0.2) is 24.3 Å². The molecule has 1 N–H and O–H groups in total. The number of aryl methyl sites for hydroxylation is 1. The van der Waals surface area contributed by atoms with Crippen LogP contribution in [0.1, 0.15) is 38.7 Å². The number of aliphatic hydroxyl groups is 1. The zero-order chi connectivity index (χ0) is 16.1. The second-order valence-corrected chi connectivity index (χ2v) is 6.21. The predicted molar refractivity (Wildman–Crippen MR) is 86.9 cm³/mol. The van der Waals surface area contributed by atoms with Gasteiger partial charge in [-0.2, -0.15) is 0 Å². The maximum Gasteiger partial charge on any atom is 0.263 e. The number of para-hydroxylation sites is 1. The van der Waals surface area contributed by atoms with E-state index in [9.17, 15) is 9.90 Å². The largest absolute Gasteiger partial charge is 0.480 e. The molecule has 1 amide bonds. The molecule has 22 heavy (non-hydrogen) atoms. The highest BCUT2D eigenvalue weighted by Crippen LogP contribution is 2.23. The molecule has 0 bridgehead atoms. The number of hydrogen-bond donors (Lipinski definition) is 1. The van der Waals surface area contributed by atoms with Crippen molar-refractivity contribution in [2.24, 2.45) is 5.92 Å². The van der Waals surface area contributed by atoms with Crippen LogP contribution in [0.5, 0.6) is 5.75 Å². The molecular formula is C18H27NO3. The van der Waals surface area contributed by atoms with Gasteiger partial charge in [0.1, 0.15) is 5.75 Å². The summed E-state index contributed by atoms with van der Waals surface area (Å²) in [7, 11) is 0. The fraction of sp³-hybridized carbons (Fsp3) is 0.611. The Bertz CT molecular complexity index is 501. The van der Waals surface area contributed by atoms with Crippen molar-refractivity contribution in [3.05, 3.63) is 29.8 Å². The van der Waals surface area contributed by atoms with Crippen LogP contribution in [-0.4, -0.2) is 41.2 Å². The van der Waals surface area contributed by atoms with E-state index in [-0.39, 0.29) is 17.9 Å². The van der Waals surface area contributed by atoms with Crippen molar-refractivity contribution < 1.29 is 14.6 Å². The molecule has 3 unspecified atom stereocenters. The number of carbonyl (C=O) groups excluding carboxylic acids is 1. The molecule has 2 rings (SSSR count). The summed E-state index contributed by atoms with van der Waals surface area (Å²) >= 11 is 0. The smallest absolute Gasteiger partial charge is 0.263 e. The lowest BCUT2D eigenvalue weighted by Crippen LogP contribution is -2.48. The Morgan fingerprint density at radius 2 is 2.18 bits per heavy atom. The number of carbonyl (C=O) groups is 1. The van der Waals surface area contributed by atoms with Crippen LogP contribution in [0.2, 0.25) is 0 Å². The van der Waals surface area contributed by atoms with Gasteiger partial charge in [-0.3, -0.25) is 4.79 Å². The summed E-state index contributed by atoms with van der Waals surface area (Å²) in [6, 6.07) is 7.77. The minimum absolute atomic E-state index is 0.0381. The van der Waals surface area contributed by atoms with Gasteiger partial charge in [-0.1, -0.05) is 25.1 Å². The minimum atomic E-state index is -0.450. The summed E-state index contributed by atoms with van der Waals surface area (Å²) in [5.41, 5.74) is 1.04. The molecule has 3 atom stereocenters. The van der Waals surface area contributed by atoms with E-state index in [4.69, 9.17) is 4.74 Å². The van der Waals surface area contributed by atoms with Crippen molar-refractivity contribution in [3.63, 3.8) is 0 Å². The van der Waals surface area contributed by atoms with E-state index in [0.29, 0.717) is 13.0 Å². The van der Waals surface area contributed by atoms with Crippen LogP contribution < -0.4 is 4.74 Å². The number of hydrogen-bond acceptors (Lipinski definition) is 3. The second kappa shape index (κ2) is 7.63. The molecule has 122 valence electrons. The van der Waals surface area contributed by atoms with Crippen molar-refractivity contribution in [1.29, 1.82) is 0 Å². The number of benzene rings is 1. The highest BCUT2D eigenvalue weighted by molar-refractivity contribution is 5.81. The standard InChI is InChI=1S/C18H27NO3/c1-4-16(22-17-10-6-5-8-13(17)2)18(21)19-11-7-9-15(12-19)14(3)20/h5-6,8,10,14-16,20H,4,7,9,11-12H2,1-3H3. The summed E-state index contributed by atoms with van der Waals surface area (Å²) in [6.45, 7) is 7.15. The Labute approximate surface area is 133 Å². The molecular weight excluding hydrogens is 278 g/mol. The van der Waals surface area contributed by atoms with Crippen molar-refractivity contribution in [3.8, 4) is 5.75 Å². The first-order valence-electron chi connectivity index (χ1n) is 8.22. The topological polar surface area (TPSA) is 49.8 Å². The summed E-state index contributed by atoms with van der Waals surface area (Å²) in [4.78, 5) is 14.6. The van der Waals surface area contributed by atoms with Crippen LogP contribution in [0, 0.1) is 12.8 Å². The first-order valence-corrected chi connectivity index (χ1v) is 8.22. The Morgan fingerprint density at radius 3 is 2.82 bits per heavy atom. The Kier molecular flexibility index (Phi) is 5.83. The van der Waals surface area contributed by atoms with Crippen LogP contribution in [0.4, 0.5) is 0 Å². The highest BCUT2D eigenvalue weighted by Gasteiger charge is 2.31. The van der Waals surface area contributed by atoms with Gasteiger partial charge in [0, 0.05) is 19.0 Å². The summed E-state index contributed by atoms with van der Waals surface area (Å²) in [5, 5.41) is 9.77. The average Bonchev–Trinajstić information content (AvgIpc) is 2.53. The van der Waals surface area contributed by atoms with E-state index >= 15 is 0 Å². The van der Waals surface area contributed by atoms with Gasteiger partial charge >= 0.3 is 0 Å². The number of amides is 1. The van der Waals surface area contributed by atoms with Gasteiger partial charge in [0.2, 0.25) is 0 Å². The number of rotatable bonds is 5. The zero-order valence-corrected chi connectivity index (χ0v) is 13.8. The fourth-order valence-corrected chi connectivity index (χ4v) is 2.96. The van der Waals surface area contributed by atoms with Gasteiger partial charge in [-0.05, 0) is 44.7 Å². The fourth-order valence-electron chi connectivity index (χ4n) is 2.96. The van der Waals surface area contributed by atoms with Gasteiger partial charge in [0.25, 0.3) is 5.91 Å². The number of likely N-dealkylation sites (tertiary alicyclic amines) is 1. The first kappa shape index (κ1) is 16.8. The quantitative estimate of drug-likeness (QED) is 0.910. The molecule has 0 saturated carbocycles. The van der Waals surface area contributed by atoms with Crippen LogP contribution in [0.25, 0.3) is 0 Å². The molecule has 1 heterocycles. The Morgan fingerprint density at radius 1 is 1.45 bits per heavy atom. The molecule has 1 aliphatic heterocycles. The normalized spacial score (nSPS) is 21.3. The Hall–Kier alpha value is -1.55. The van der Waals surface area contributed by atoms with E-state index < -0.39 is 6.10 Å². The zero-order valence-electron chi connectivity index (χ0n) is 13.8. The predicted octanol–water partition coefficient (Wildman–Crippen LogP) is 2.77. The molecule has 0 radical (unpaired) electrons. The number of nitrogens with zero attached hydrogens (tertiary/aromatic N) is 1. The molecule has 4 nitrogen and oxygen atoms in total. The van der Waals surface area contributed by atoms with Gasteiger partial charge in [-0.15, -0.1) is 0 Å². The van der Waals surface area contributed by atoms with Gasteiger partial charge in [0.15, 0.2) is 6.10 Å². The molecule has 0 spiro atoms. The third-order valence-corrected chi connectivity index (χ3v) is 4.46. The summed E-state index contributed by atoms with van der Waals surface area (Å²) in [6.07, 6.45) is 1.75. The lowest BCUT2D eigenvalue weighted by atomic mass is 9.93. The monoisotopic (exact) mass is 305 g/mol. The van der Waals surface area contributed by atoms with Crippen molar-refractivity contribution in [1.82, 2.24) is 4.90 Å². The van der Waals surface area contributed by atoms with Gasteiger partial charge in [-0.25, -0.2) is 0 Å². The first-order chi connectivity index (χ1) is 10.5. The lowest BCUT2D eigenvalue weighted by molar-refractivity contribution is -0.141.